The second-order valence-corrected chi connectivity index (χ2v) is 2.82. The lowest BCUT2D eigenvalue weighted by atomic mass is 10.2. The van der Waals surface area contributed by atoms with E-state index in [9.17, 15) is 4.79 Å². The summed E-state index contributed by atoms with van der Waals surface area (Å²) in [6, 6.07) is 1.65. The Labute approximate surface area is 82.8 Å². The Morgan fingerprint density at radius 3 is 2.86 bits per heavy atom. The van der Waals surface area contributed by atoms with Crippen molar-refractivity contribution in [3.63, 3.8) is 0 Å². The van der Waals surface area contributed by atoms with E-state index < -0.39 is 5.97 Å². The third-order valence-electron chi connectivity index (χ3n) is 1.77. The number of rotatable bonds is 4. The number of aryl methyl sites for hydroxylation is 1. The van der Waals surface area contributed by atoms with Gasteiger partial charge in [-0.25, -0.2) is 4.79 Å². The molecule has 1 heterocycles. The van der Waals surface area contributed by atoms with Crippen molar-refractivity contribution < 1.29 is 18.7 Å². The lowest BCUT2D eigenvalue weighted by Crippen LogP contribution is -2.04. The van der Waals surface area contributed by atoms with E-state index >= 15 is 0 Å². The van der Waals surface area contributed by atoms with Crippen LogP contribution in [0.1, 0.15) is 28.8 Å². The molecule has 0 fully saturated rings. The Kier molecular flexibility index (Phi) is 3.71. The molecule has 0 spiro atoms. The molecular weight excluding hydrogens is 184 g/mol. The second-order valence-electron chi connectivity index (χ2n) is 2.82. The molecule has 0 aromatic carbocycles. The Hall–Kier alpha value is -1.29. The maximum atomic E-state index is 11.3. The van der Waals surface area contributed by atoms with E-state index in [-0.39, 0.29) is 0 Å². The van der Waals surface area contributed by atoms with Gasteiger partial charge in [0.25, 0.3) is 0 Å². The highest BCUT2D eigenvalue weighted by Gasteiger charge is 2.16. The second kappa shape index (κ2) is 4.81. The van der Waals surface area contributed by atoms with Gasteiger partial charge >= 0.3 is 5.97 Å². The first kappa shape index (κ1) is 10.8. The summed E-state index contributed by atoms with van der Waals surface area (Å²) < 4.78 is 15.1. The van der Waals surface area contributed by atoms with E-state index in [1.165, 1.54) is 7.11 Å². The van der Waals surface area contributed by atoms with Gasteiger partial charge in [0.15, 0.2) is 0 Å². The summed E-state index contributed by atoms with van der Waals surface area (Å²) in [7, 11) is 1.34. The Morgan fingerprint density at radius 2 is 2.29 bits per heavy atom. The summed E-state index contributed by atoms with van der Waals surface area (Å²) in [6.07, 6.45) is 0. The number of esters is 1. The number of methoxy groups -OCH3 is 1. The van der Waals surface area contributed by atoms with E-state index in [2.05, 4.69) is 4.74 Å². The number of hydrogen-bond donors (Lipinski definition) is 0. The zero-order valence-electron chi connectivity index (χ0n) is 8.62. The maximum Gasteiger partial charge on any atom is 0.341 e. The fourth-order valence-corrected chi connectivity index (χ4v) is 1.15. The fraction of sp³-hybridized carbons (Fsp3) is 0.500. The molecule has 1 aromatic rings. The van der Waals surface area contributed by atoms with E-state index in [1.54, 1.807) is 13.0 Å². The molecule has 0 aliphatic rings. The number of ether oxygens (including phenoxy) is 2. The predicted molar refractivity (Wildman–Crippen MR) is 50.1 cm³/mol. The molecule has 0 aliphatic heterocycles. The highest BCUT2D eigenvalue weighted by molar-refractivity contribution is 5.90. The SMILES string of the molecule is CCOCc1oc(C)cc1C(=O)OC. The number of carbonyl (C=O) groups is 1. The average molecular weight is 198 g/mol. The quantitative estimate of drug-likeness (QED) is 0.693. The summed E-state index contributed by atoms with van der Waals surface area (Å²) in [5.41, 5.74) is 0.443. The van der Waals surface area contributed by atoms with Crippen LogP contribution in [0.4, 0.5) is 0 Å². The van der Waals surface area contributed by atoms with Crippen molar-refractivity contribution in [3.05, 3.63) is 23.2 Å². The molecule has 4 heteroatoms. The van der Waals surface area contributed by atoms with Crippen LogP contribution in [0.3, 0.4) is 0 Å². The van der Waals surface area contributed by atoms with Gasteiger partial charge in [0, 0.05) is 6.61 Å². The molecule has 0 aliphatic carbocycles. The van der Waals surface area contributed by atoms with Crippen LogP contribution in [-0.4, -0.2) is 19.7 Å². The van der Waals surface area contributed by atoms with Crippen LogP contribution in [0.25, 0.3) is 0 Å². The molecule has 1 rings (SSSR count). The molecule has 4 nitrogen and oxygen atoms in total. The third kappa shape index (κ3) is 2.35. The molecule has 1 aromatic heterocycles. The molecule has 0 amide bonds. The van der Waals surface area contributed by atoms with Crippen LogP contribution in [0.2, 0.25) is 0 Å². The van der Waals surface area contributed by atoms with Gasteiger partial charge in [-0.15, -0.1) is 0 Å². The highest BCUT2D eigenvalue weighted by Crippen LogP contribution is 2.16. The van der Waals surface area contributed by atoms with Crippen LogP contribution in [0.15, 0.2) is 10.5 Å². The minimum atomic E-state index is -0.392. The lowest BCUT2D eigenvalue weighted by Gasteiger charge is -2.00. The first-order chi connectivity index (χ1) is 6.69. The predicted octanol–water partition coefficient (Wildman–Crippen LogP) is 1.91. The minimum absolute atomic E-state index is 0.300. The summed E-state index contributed by atoms with van der Waals surface area (Å²) in [6.45, 7) is 4.55. The first-order valence-electron chi connectivity index (χ1n) is 4.44. The molecular formula is C10H14O4. The molecule has 0 radical (unpaired) electrons. The van der Waals surface area contributed by atoms with Gasteiger partial charge in [-0.05, 0) is 19.9 Å². The summed E-state index contributed by atoms with van der Waals surface area (Å²) >= 11 is 0. The van der Waals surface area contributed by atoms with Crippen molar-refractivity contribution >= 4 is 5.97 Å². The smallest absolute Gasteiger partial charge is 0.341 e. The first-order valence-corrected chi connectivity index (χ1v) is 4.44. The highest BCUT2D eigenvalue weighted by atomic mass is 16.5. The van der Waals surface area contributed by atoms with Crippen molar-refractivity contribution in [1.29, 1.82) is 0 Å². The van der Waals surface area contributed by atoms with Crippen molar-refractivity contribution in [3.8, 4) is 0 Å². The van der Waals surface area contributed by atoms with Gasteiger partial charge < -0.3 is 13.9 Å². The van der Waals surface area contributed by atoms with Gasteiger partial charge in [0.1, 0.15) is 23.7 Å². The number of hydrogen-bond acceptors (Lipinski definition) is 4. The van der Waals surface area contributed by atoms with Crippen LogP contribution in [0.5, 0.6) is 0 Å². The average Bonchev–Trinajstić information content (AvgIpc) is 2.55. The standard InChI is InChI=1S/C10H14O4/c1-4-13-6-9-8(10(11)12-3)5-7(2)14-9/h5H,4,6H2,1-3H3. The van der Waals surface area contributed by atoms with E-state index in [0.717, 1.165) is 0 Å². The largest absolute Gasteiger partial charge is 0.465 e. The fourth-order valence-electron chi connectivity index (χ4n) is 1.15. The molecule has 14 heavy (non-hydrogen) atoms. The van der Waals surface area contributed by atoms with E-state index in [0.29, 0.717) is 30.3 Å². The maximum absolute atomic E-state index is 11.3. The zero-order valence-corrected chi connectivity index (χ0v) is 8.62. The molecule has 78 valence electrons. The van der Waals surface area contributed by atoms with Gasteiger partial charge in [-0.3, -0.25) is 0 Å². The van der Waals surface area contributed by atoms with Crippen molar-refractivity contribution in [1.82, 2.24) is 0 Å². The van der Waals surface area contributed by atoms with Crippen molar-refractivity contribution in [2.24, 2.45) is 0 Å². The normalized spacial score (nSPS) is 10.2. The Morgan fingerprint density at radius 1 is 1.57 bits per heavy atom. The molecule has 0 unspecified atom stereocenters. The molecule has 0 atom stereocenters. The van der Waals surface area contributed by atoms with Crippen LogP contribution in [0, 0.1) is 6.92 Å². The molecule has 0 N–H and O–H groups in total. The zero-order chi connectivity index (χ0) is 10.6. The third-order valence-corrected chi connectivity index (χ3v) is 1.77. The summed E-state index contributed by atoms with van der Waals surface area (Å²) in [5.74, 6) is 0.813. The van der Waals surface area contributed by atoms with Gasteiger partial charge in [0.05, 0.1) is 7.11 Å². The van der Waals surface area contributed by atoms with Gasteiger partial charge in [0.2, 0.25) is 0 Å². The number of furan rings is 1. The topological polar surface area (TPSA) is 48.7 Å². The molecule has 0 saturated carbocycles. The lowest BCUT2D eigenvalue weighted by molar-refractivity contribution is 0.0587. The summed E-state index contributed by atoms with van der Waals surface area (Å²) in [5, 5.41) is 0. The van der Waals surface area contributed by atoms with Crippen LogP contribution < -0.4 is 0 Å². The van der Waals surface area contributed by atoms with Crippen molar-refractivity contribution in [2.45, 2.75) is 20.5 Å². The Bertz CT molecular complexity index is 314. The molecule has 0 bridgehead atoms. The monoisotopic (exact) mass is 198 g/mol. The van der Waals surface area contributed by atoms with E-state index in [4.69, 9.17) is 9.15 Å². The summed E-state index contributed by atoms with van der Waals surface area (Å²) in [4.78, 5) is 11.3. The molecule has 0 saturated heterocycles. The minimum Gasteiger partial charge on any atom is -0.465 e. The van der Waals surface area contributed by atoms with E-state index in [1.807, 2.05) is 6.92 Å². The number of carbonyl (C=O) groups excluding carboxylic acids is 1. The van der Waals surface area contributed by atoms with Crippen LogP contribution >= 0.6 is 0 Å². The van der Waals surface area contributed by atoms with Gasteiger partial charge in [-0.2, -0.15) is 0 Å². The van der Waals surface area contributed by atoms with Crippen molar-refractivity contribution in [2.75, 3.05) is 13.7 Å². The Balaban J connectivity index is 2.85. The van der Waals surface area contributed by atoms with Gasteiger partial charge in [-0.1, -0.05) is 0 Å². The van der Waals surface area contributed by atoms with Crippen LogP contribution in [-0.2, 0) is 16.1 Å².